The molecule has 0 spiro atoms. The Labute approximate surface area is 180 Å². The average Bonchev–Trinajstić information content (AvgIpc) is 2.78. The van der Waals surface area contributed by atoms with E-state index in [2.05, 4.69) is 9.71 Å². The van der Waals surface area contributed by atoms with Gasteiger partial charge in [-0.3, -0.25) is 9.71 Å². The second kappa shape index (κ2) is 8.57. The van der Waals surface area contributed by atoms with Gasteiger partial charge < -0.3 is 5.11 Å². The molecule has 0 aliphatic heterocycles. The number of pyridine rings is 1. The first-order valence-electron chi connectivity index (χ1n) is 9.71. The number of fused-ring (bicyclic) bond motifs is 1. The lowest BCUT2D eigenvalue weighted by atomic mass is 10.0. The average molecular weight is 433 g/mol. The van der Waals surface area contributed by atoms with Crippen molar-refractivity contribution in [1.82, 2.24) is 4.98 Å². The molecule has 0 amide bonds. The maximum absolute atomic E-state index is 13.1. The van der Waals surface area contributed by atoms with Crippen LogP contribution >= 0.6 is 0 Å². The smallest absolute Gasteiger partial charge is 0.335 e. The van der Waals surface area contributed by atoms with Crippen LogP contribution in [0.3, 0.4) is 0 Å². The molecule has 4 rings (SSSR count). The number of aromatic carboxylic acids is 1. The van der Waals surface area contributed by atoms with Crippen molar-refractivity contribution < 1.29 is 18.3 Å². The van der Waals surface area contributed by atoms with Gasteiger partial charge in [0.1, 0.15) is 4.90 Å². The minimum absolute atomic E-state index is 0.120. The number of hydrogen-bond donors (Lipinski definition) is 2. The van der Waals surface area contributed by atoms with Crippen LogP contribution in [0.15, 0.2) is 90.0 Å². The lowest BCUT2D eigenvalue weighted by Gasteiger charge is -2.14. The summed E-state index contributed by atoms with van der Waals surface area (Å²) in [7, 11) is -3.85. The van der Waals surface area contributed by atoms with Crippen molar-refractivity contribution in [3.63, 3.8) is 0 Å². The van der Waals surface area contributed by atoms with Crippen LogP contribution in [-0.4, -0.2) is 24.5 Å². The van der Waals surface area contributed by atoms with E-state index < -0.39 is 16.0 Å². The van der Waals surface area contributed by atoms with E-state index in [9.17, 15) is 13.2 Å². The van der Waals surface area contributed by atoms with Crippen LogP contribution in [0, 0.1) is 0 Å². The molecule has 4 aromatic rings. The van der Waals surface area contributed by atoms with Crippen LogP contribution in [0.4, 0.5) is 5.69 Å². The second-order valence-corrected chi connectivity index (χ2v) is 8.75. The van der Waals surface area contributed by atoms with E-state index in [0.717, 1.165) is 16.5 Å². The number of hydrogen-bond acceptors (Lipinski definition) is 4. The number of para-hydroxylation sites is 2. The van der Waals surface area contributed by atoms with Gasteiger partial charge in [0, 0.05) is 11.6 Å². The van der Waals surface area contributed by atoms with Crippen LogP contribution in [0.1, 0.15) is 21.5 Å². The number of nitrogens with zero attached hydrogens (tertiary/aromatic N) is 1. The van der Waals surface area contributed by atoms with E-state index >= 15 is 0 Å². The molecule has 0 fully saturated rings. The Morgan fingerprint density at radius 3 is 2.52 bits per heavy atom. The maximum Gasteiger partial charge on any atom is 0.335 e. The summed E-state index contributed by atoms with van der Waals surface area (Å²) in [5.74, 6) is -0.973. The van der Waals surface area contributed by atoms with Gasteiger partial charge in [-0.05, 0) is 54.3 Å². The fourth-order valence-electron chi connectivity index (χ4n) is 3.47. The van der Waals surface area contributed by atoms with Crippen LogP contribution in [-0.2, 0) is 22.9 Å². The maximum atomic E-state index is 13.1. The molecule has 6 nitrogen and oxygen atoms in total. The summed E-state index contributed by atoms with van der Waals surface area (Å²) in [6.45, 7) is 0. The molecule has 0 atom stereocenters. The first kappa shape index (κ1) is 20.6. The van der Waals surface area contributed by atoms with Gasteiger partial charge in [-0.2, -0.15) is 0 Å². The largest absolute Gasteiger partial charge is 0.478 e. The van der Waals surface area contributed by atoms with Crippen molar-refractivity contribution in [2.45, 2.75) is 17.7 Å². The highest BCUT2D eigenvalue weighted by Crippen LogP contribution is 2.25. The molecule has 0 saturated carbocycles. The van der Waals surface area contributed by atoms with Gasteiger partial charge in [0.25, 0.3) is 10.0 Å². The van der Waals surface area contributed by atoms with Gasteiger partial charge in [-0.1, -0.05) is 48.5 Å². The Morgan fingerprint density at radius 2 is 1.68 bits per heavy atom. The summed E-state index contributed by atoms with van der Waals surface area (Å²) in [4.78, 5) is 15.5. The van der Waals surface area contributed by atoms with E-state index in [4.69, 9.17) is 5.11 Å². The molecule has 7 heteroatoms. The highest BCUT2D eigenvalue weighted by Gasteiger charge is 2.19. The summed E-state index contributed by atoms with van der Waals surface area (Å²) >= 11 is 0. The lowest BCUT2D eigenvalue weighted by Crippen LogP contribution is -2.15. The molecule has 0 aliphatic carbocycles. The predicted molar refractivity (Wildman–Crippen MR) is 120 cm³/mol. The number of nitrogens with one attached hydrogen (secondary N) is 1. The fourth-order valence-corrected chi connectivity index (χ4v) is 4.75. The zero-order valence-electron chi connectivity index (χ0n) is 16.5. The van der Waals surface area contributed by atoms with Crippen LogP contribution < -0.4 is 4.72 Å². The van der Waals surface area contributed by atoms with Crippen molar-refractivity contribution >= 4 is 32.6 Å². The normalized spacial score (nSPS) is 11.4. The zero-order chi connectivity index (χ0) is 21.8. The van der Waals surface area contributed by atoms with Gasteiger partial charge in [0.2, 0.25) is 0 Å². The molecule has 0 saturated heterocycles. The molecule has 0 unspecified atom stereocenters. The Morgan fingerprint density at radius 1 is 0.903 bits per heavy atom. The van der Waals surface area contributed by atoms with E-state index in [0.29, 0.717) is 24.0 Å². The number of sulfonamides is 1. The summed E-state index contributed by atoms with van der Waals surface area (Å²) in [5.41, 5.74) is 2.83. The number of benzene rings is 3. The number of carbonyl (C=O) groups is 1. The third kappa shape index (κ3) is 4.57. The summed E-state index contributed by atoms with van der Waals surface area (Å²) in [5, 5.41) is 9.92. The van der Waals surface area contributed by atoms with Gasteiger partial charge in [-0.25, -0.2) is 13.2 Å². The van der Waals surface area contributed by atoms with Gasteiger partial charge >= 0.3 is 5.97 Å². The van der Waals surface area contributed by atoms with E-state index in [-0.39, 0.29) is 10.5 Å². The fraction of sp³-hybridized carbons (Fsp3) is 0.0833. The molecule has 0 bridgehead atoms. The molecule has 31 heavy (non-hydrogen) atoms. The van der Waals surface area contributed by atoms with Gasteiger partial charge in [-0.15, -0.1) is 0 Å². The van der Waals surface area contributed by atoms with Crippen LogP contribution in [0.25, 0.3) is 10.9 Å². The number of aryl methyl sites for hydroxylation is 2. The molecule has 2 N–H and O–H groups in total. The second-order valence-electron chi connectivity index (χ2n) is 7.10. The first-order valence-corrected chi connectivity index (χ1v) is 11.2. The number of aromatic nitrogens is 1. The molecule has 3 aromatic carbocycles. The highest BCUT2D eigenvalue weighted by atomic mass is 32.2. The SMILES string of the molecule is O=C(O)c1cccc(CCc2ccccc2NS(=O)(=O)c2cccc3cccnc23)c1. The summed E-state index contributed by atoms with van der Waals surface area (Å²) < 4.78 is 29.0. The van der Waals surface area contributed by atoms with E-state index in [1.165, 1.54) is 6.07 Å². The number of carboxylic acids is 1. The van der Waals surface area contributed by atoms with Crippen LogP contribution in [0.5, 0.6) is 0 Å². The highest BCUT2D eigenvalue weighted by molar-refractivity contribution is 7.93. The van der Waals surface area contributed by atoms with Crippen molar-refractivity contribution in [1.29, 1.82) is 0 Å². The minimum Gasteiger partial charge on any atom is -0.478 e. The van der Waals surface area contributed by atoms with Crippen LogP contribution in [0.2, 0.25) is 0 Å². The predicted octanol–water partition coefficient (Wildman–Crippen LogP) is 4.52. The zero-order valence-corrected chi connectivity index (χ0v) is 17.3. The monoisotopic (exact) mass is 432 g/mol. The Hall–Kier alpha value is -3.71. The lowest BCUT2D eigenvalue weighted by molar-refractivity contribution is 0.0696. The van der Waals surface area contributed by atoms with E-state index in [1.807, 2.05) is 30.3 Å². The quantitative estimate of drug-likeness (QED) is 0.448. The first-order chi connectivity index (χ1) is 14.9. The Balaban J connectivity index is 1.60. The Bertz CT molecular complexity index is 1360. The number of rotatable bonds is 7. The van der Waals surface area contributed by atoms with Crippen molar-refractivity contribution in [3.8, 4) is 0 Å². The van der Waals surface area contributed by atoms with Gasteiger partial charge in [0.15, 0.2) is 0 Å². The summed E-state index contributed by atoms with van der Waals surface area (Å²) in [6, 6.07) is 22.6. The Kier molecular flexibility index (Phi) is 5.68. The van der Waals surface area contributed by atoms with Gasteiger partial charge in [0.05, 0.1) is 16.8 Å². The summed E-state index contributed by atoms with van der Waals surface area (Å²) in [6.07, 6.45) is 2.70. The molecule has 1 heterocycles. The number of carboxylic acid groups (broad SMARTS) is 1. The van der Waals surface area contributed by atoms with Crippen molar-refractivity contribution in [3.05, 3.63) is 102 Å². The molecule has 156 valence electrons. The topological polar surface area (TPSA) is 96.4 Å². The molecular formula is C24H20N2O4S. The minimum atomic E-state index is -3.85. The van der Waals surface area contributed by atoms with E-state index in [1.54, 1.807) is 48.7 Å². The third-order valence-electron chi connectivity index (χ3n) is 5.00. The molecular weight excluding hydrogens is 412 g/mol. The van der Waals surface area contributed by atoms with Crippen molar-refractivity contribution in [2.75, 3.05) is 4.72 Å². The number of anilines is 1. The molecule has 1 aromatic heterocycles. The molecule has 0 radical (unpaired) electrons. The molecule has 0 aliphatic rings. The standard InChI is InChI=1S/C24H20N2O4S/c27-24(28)20-9-3-6-17(16-20)13-14-18-7-1-2-11-21(18)26-31(29,30)22-12-4-8-19-10-5-15-25-23(19)22/h1-12,15-16,26H,13-14H2,(H,27,28). The third-order valence-corrected chi connectivity index (χ3v) is 6.40. The van der Waals surface area contributed by atoms with Crippen molar-refractivity contribution in [2.24, 2.45) is 0 Å².